The summed E-state index contributed by atoms with van der Waals surface area (Å²) < 4.78 is 6.42. The topological polar surface area (TPSA) is 91.7 Å². The summed E-state index contributed by atoms with van der Waals surface area (Å²) in [6.45, 7) is 5.19. The fraction of sp³-hybridized carbons (Fsp3) is 0.258. The minimum absolute atomic E-state index is 0.129. The number of hydrogen-bond donors (Lipinski definition) is 2. The van der Waals surface area contributed by atoms with Crippen molar-refractivity contribution >= 4 is 29.4 Å². The van der Waals surface area contributed by atoms with E-state index in [0.717, 1.165) is 47.1 Å². The number of anilines is 1. The normalized spacial score (nSPS) is 11.9. The molecule has 196 valence electrons. The van der Waals surface area contributed by atoms with Gasteiger partial charge in [-0.1, -0.05) is 30.3 Å². The first kappa shape index (κ1) is 26.8. The van der Waals surface area contributed by atoms with Gasteiger partial charge >= 0.3 is 0 Å². The molecule has 0 aliphatic heterocycles. The summed E-state index contributed by atoms with van der Waals surface area (Å²) in [7, 11) is 4.04. The molecule has 0 aliphatic carbocycles. The van der Waals surface area contributed by atoms with Crippen LogP contribution in [0.2, 0.25) is 0 Å². The van der Waals surface area contributed by atoms with Gasteiger partial charge in [0.2, 0.25) is 6.41 Å². The smallest absolute Gasteiger partial charge is 0.207 e. The summed E-state index contributed by atoms with van der Waals surface area (Å²) in [4.78, 5) is 37.9. The molecule has 0 spiro atoms. The van der Waals surface area contributed by atoms with E-state index in [1.54, 1.807) is 6.07 Å². The largest absolute Gasteiger partial charge is 0.455 e. The molecule has 0 saturated heterocycles. The summed E-state index contributed by atoms with van der Waals surface area (Å²) >= 11 is 0. The van der Waals surface area contributed by atoms with Crippen LogP contribution in [0, 0.1) is 6.92 Å². The Bertz CT molecular complexity index is 1520. The van der Waals surface area contributed by atoms with Gasteiger partial charge in [-0.3, -0.25) is 14.4 Å². The number of para-hydroxylation sites is 1. The minimum atomic E-state index is -0.238. The van der Waals surface area contributed by atoms with Gasteiger partial charge in [-0.25, -0.2) is 0 Å². The lowest BCUT2D eigenvalue weighted by Crippen LogP contribution is -2.17. The molecular weight excluding hydrogens is 478 g/mol. The van der Waals surface area contributed by atoms with E-state index in [1.165, 1.54) is 6.07 Å². The highest BCUT2D eigenvalue weighted by molar-refractivity contribution is 5.86. The monoisotopic (exact) mass is 511 g/mol. The number of hydrogen-bond acceptors (Lipinski definition) is 6. The molecule has 1 unspecified atom stereocenters. The van der Waals surface area contributed by atoms with E-state index in [4.69, 9.17) is 4.42 Å². The molecule has 4 aromatic rings. The number of benzene rings is 3. The van der Waals surface area contributed by atoms with E-state index in [2.05, 4.69) is 15.5 Å². The molecule has 0 bridgehead atoms. The van der Waals surface area contributed by atoms with E-state index < -0.39 is 0 Å². The zero-order valence-electron chi connectivity index (χ0n) is 22.2. The molecule has 38 heavy (non-hydrogen) atoms. The summed E-state index contributed by atoms with van der Waals surface area (Å²) in [6.07, 6.45) is 2.34. The van der Waals surface area contributed by atoms with Gasteiger partial charge in [-0.15, -0.1) is 0 Å². The molecule has 3 aromatic carbocycles. The molecule has 1 heterocycles. The van der Waals surface area contributed by atoms with Crippen LogP contribution in [-0.2, 0) is 17.8 Å². The fourth-order valence-electron chi connectivity index (χ4n) is 4.62. The van der Waals surface area contributed by atoms with Crippen molar-refractivity contribution in [2.75, 3.05) is 26.0 Å². The molecule has 4 rings (SSSR count). The van der Waals surface area contributed by atoms with E-state index in [1.807, 2.05) is 76.5 Å². The quantitative estimate of drug-likeness (QED) is 0.272. The maximum absolute atomic E-state index is 13.3. The van der Waals surface area contributed by atoms with Crippen LogP contribution < -0.4 is 16.1 Å². The van der Waals surface area contributed by atoms with E-state index in [-0.39, 0.29) is 11.5 Å². The second-order valence-corrected chi connectivity index (χ2v) is 9.81. The Morgan fingerprint density at radius 2 is 1.79 bits per heavy atom. The lowest BCUT2D eigenvalue weighted by molar-refractivity contribution is -0.109. The maximum atomic E-state index is 13.3. The van der Waals surface area contributed by atoms with E-state index >= 15 is 0 Å². The van der Waals surface area contributed by atoms with E-state index in [0.29, 0.717) is 40.9 Å². The van der Waals surface area contributed by atoms with Crippen LogP contribution in [0.1, 0.15) is 45.6 Å². The van der Waals surface area contributed by atoms with Crippen LogP contribution in [0.5, 0.6) is 0 Å². The average Bonchev–Trinajstić information content (AvgIpc) is 2.91. The number of carbonyl (C=O) groups is 2. The van der Waals surface area contributed by atoms with Crippen molar-refractivity contribution in [1.29, 1.82) is 0 Å². The summed E-state index contributed by atoms with van der Waals surface area (Å²) in [5.74, 6) is 0.458. The predicted molar refractivity (Wildman–Crippen MR) is 152 cm³/mol. The molecule has 1 aromatic heterocycles. The number of aryl methyl sites for hydroxylation is 1. The lowest BCUT2D eigenvalue weighted by Gasteiger charge is -2.19. The van der Waals surface area contributed by atoms with Crippen LogP contribution in [0.3, 0.4) is 0 Å². The third-order valence-electron chi connectivity index (χ3n) is 6.62. The Hall–Kier alpha value is -4.23. The van der Waals surface area contributed by atoms with Crippen LogP contribution in [0.15, 0.2) is 69.9 Å². The van der Waals surface area contributed by atoms with Crippen LogP contribution in [0.4, 0.5) is 5.69 Å². The third kappa shape index (κ3) is 6.01. The Balaban J connectivity index is 1.79. The van der Waals surface area contributed by atoms with Crippen molar-refractivity contribution in [2.24, 2.45) is 0 Å². The molecular formula is C31H33N3O4. The summed E-state index contributed by atoms with van der Waals surface area (Å²) in [5, 5.41) is 6.66. The number of amides is 1. The van der Waals surface area contributed by atoms with Crippen LogP contribution >= 0.6 is 0 Å². The van der Waals surface area contributed by atoms with Crippen molar-refractivity contribution in [2.45, 2.75) is 32.9 Å². The number of nitrogens with one attached hydrogen (secondary N) is 2. The Morgan fingerprint density at radius 1 is 1.00 bits per heavy atom. The van der Waals surface area contributed by atoms with Crippen LogP contribution in [0.25, 0.3) is 22.3 Å². The van der Waals surface area contributed by atoms with Crippen molar-refractivity contribution in [3.63, 3.8) is 0 Å². The molecule has 7 heteroatoms. The Kier molecular flexibility index (Phi) is 8.38. The predicted octanol–water partition coefficient (Wildman–Crippen LogP) is 5.10. The Labute approximate surface area is 222 Å². The fourth-order valence-corrected chi connectivity index (χ4v) is 4.62. The maximum Gasteiger partial charge on any atom is 0.207 e. The highest BCUT2D eigenvalue weighted by Crippen LogP contribution is 2.31. The number of nitrogens with zero attached hydrogens (tertiary/aromatic N) is 1. The molecule has 7 nitrogen and oxygen atoms in total. The average molecular weight is 512 g/mol. The minimum Gasteiger partial charge on any atom is -0.455 e. The number of likely N-dealkylation sites (N-methyl/N-ethyl adjacent to an activating group) is 1. The van der Waals surface area contributed by atoms with Gasteiger partial charge in [0.15, 0.2) is 11.7 Å². The molecule has 0 fully saturated rings. The van der Waals surface area contributed by atoms with Crippen LogP contribution in [-0.4, -0.2) is 38.2 Å². The zero-order valence-corrected chi connectivity index (χ0v) is 22.2. The van der Waals surface area contributed by atoms with E-state index in [9.17, 15) is 14.4 Å². The van der Waals surface area contributed by atoms with Gasteiger partial charge in [-0.2, -0.15) is 0 Å². The molecule has 0 radical (unpaired) electrons. The van der Waals surface area contributed by atoms with Gasteiger partial charge < -0.3 is 20.0 Å². The van der Waals surface area contributed by atoms with Crippen molar-refractivity contribution in [3.05, 3.63) is 98.7 Å². The number of carbonyl (C=O) groups excluding carboxylic acids is 2. The summed E-state index contributed by atoms with van der Waals surface area (Å²) in [6, 6.07) is 18.4. The molecule has 1 atom stereocenters. The van der Waals surface area contributed by atoms with Crippen molar-refractivity contribution < 1.29 is 14.0 Å². The van der Waals surface area contributed by atoms with Gasteiger partial charge in [0.1, 0.15) is 11.3 Å². The van der Waals surface area contributed by atoms with Gasteiger partial charge in [0.05, 0.1) is 11.4 Å². The van der Waals surface area contributed by atoms with Gasteiger partial charge in [0.25, 0.3) is 0 Å². The number of rotatable bonds is 11. The SMILES string of the molecule is Cc1cc(C(C)Nc2ccccc2C=O)c2oc(-c3ccc(CCN(C)C)c(CNC=O)c3)cc(=O)c2c1. The highest BCUT2D eigenvalue weighted by atomic mass is 16.3. The molecule has 1 amide bonds. The number of aldehydes is 1. The zero-order chi connectivity index (χ0) is 27.2. The second-order valence-electron chi connectivity index (χ2n) is 9.81. The summed E-state index contributed by atoms with van der Waals surface area (Å²) in [5.41, 5.74) is 6.28. The lowest BCUT2D eigenvalue weighted by atomic mass is 9.98. The second kappa shape index (κ2) is 11.9. The first-order chi connectivity index (χ1) is 18.3. The molecule has 0 saturated carbocycles. The first-order valence-corrected chi connectivity index (χ1v) is 12.6. The Morgan fingerprint density at radius 3 is 2.53 bits per heavy atom. The molecule has 0 aliphatic rings. The highest BCUT2D eigenvalue weighted by Gasteiger charge is 2.18. The van der Waals surface area contributed by atoms with Gasteiger partial charge in [-0.05, 0) is 75.3 Å². The third-order valence-corrected chi connectivity index (χ3v) is 6.62. The van der Waals surface area contributed by atoms with Gasteiger partial charge in [0, 0.05) is 41.5 Å². The first-order valence-electron chi connectivity index (χ1n) is 12.6. The molecule has 2 N–H and O–H groups in total. The van der Waals surface area contributed by atoms with Crippen molar-refractivity contribution in [1.82, 2.24) is 10.2 Å². The standard InChI is InChI=1S/C31H33N3O4/c1-20-13-26(21(2)33-28-8-6-5-7-24(28)18-35)31-27(14-20)29(37)16-30(38-31)23-10-9-22(11-12-34(3)4)25(15-23)17-32-19-36/h5-10,13-16,18-19,21,33H,11-12,17H2,1-4H3,(H,32,36). The van der Waals surface area contributed by atoms with Crippen molar-refractivity contribution in [3.8, 4) is 11.3 Å². The number of fused-ring (bicyclic) bond motifs is 1.